The van der Waals surface area contributed by atoms with E-state index in [1.165, 1.54) is 12.0 Å². The Morgan fingerprint density at radius 1 is 1.34 bits per heavy atom. The highest BCUT2D eigenvalue weighted by molar-refractivity contribution is 7.94. The summed E-state index contributed by atoms with van der Waals surface area (Å²) in [6.45, 7) is 11.9. The molecule has 0 saturated carbocycles. The number of nitrogens with one attached hydrogen (secondary N) is 2. The van der Waals surface area contributed by atoms with Crippen LogP contribution in [-0.4, -0.2) is 35.2 Å². The van der Waals surface area contributed by atoms with Gasteiger partial charge in [0.1, 0.15) is 17.3 Å². The molecule has 4 N–H and O–H groups in total. The zero-order valence-corrected chi connectivity index (χ0v) is 17.9. The molecule has 0 aliphatic carbocycles. The Kier molecular flexibility index (Phi) is 7.32. The molecule has 0 spiro atoms. The van der Waals surface area contributed by atoms with Crippen molar-refractivity contribution in [1.29, 1.82) is 0 Å². The summed E-state index contributed by atoms with van der Waals surface area (Å²) in [5.74, 6) is 2.37. The molecule has 0 saturated heterocycles. The predicted molar refractivity (Wildman–Crippen MR) is 118 cm³/mol. The third-order valence-electron chi connectivity index (χ3n) is 4.28. The number of amidine groups is 1. The number of hydrogen-bond acceptors (Lipinski definition) is 8. The Morgan fingerprint density at radius 3 is 2.90 bits per heavy atom. The van der Waals surface area contributed by atoms with Gasteiger partial charge < -0.3 is 10.5 Å². The number of nitrogens with zero attached hydrogens (tertiary/aromatic N) is 3. The average Bonchev–Trinajstić information content (AvgIpc) is 3.02. The normalized spacial score (nSPS) is 13.1. The monoisotopic (exact) mass is 416 g/mol. The number of aliphatic imine (C=N–C) groups is 1. The van der Waals surface area contributed by atoms with Crippen molar-refractivity contribution in [3.05, 3.63) is 47.6 Å². The Balaban J connectivity index is 1.93. The zero-order chi connectivity index (χ0) is 20.8. The van der Waals surface area contributed by atoms with E-state index in [0.717, 1.165) is 46.3 Å². The number of aryl methyl sites for hydroxylation is 2. The van der Waals surface area contributed by atoms with Crippen molar-refractivity contribution in [2.24, 2.45) is 10.7 Å². The van der Waals surface area contributed by atoms with Crippen molar-refractivity contribution in [2.45, 2.75) is 38.5 Å². The van der Waals surface area contributed by atoms with Crippen LogP contribution in [-0.2, 0) is 10.7 Å². The molecule has 0 fully saturated rings. The van der Waals surface area contributed by atoms with Crippen molar-refractivity contribution < 1.29 is 9.02 Å². The number of imidazole rings is 1. The van der Waals surface area contributed by atoms with Crippen LogP contribution < -0.4 is 21.4 Å². The molecule has 2 heterocycles. The van der Waals surface area contributed by atoms with Gasteiger partial charge in [-0.1, -0.05) is 13.5 Å². The summed E-state index contributed by atoms with van der Waals surface area (Å²) in [6.07, 6.45) is 1.86. The maximum Gasteiger partial charge on any atom is 0.156 e. The van der Waals surface area contributed by atoms with Crippen molar-refractivity contribution in [1.82, 2.24) is 15.1 Å². The maximum absolute atomic E-state index is 5.84. The van der Waals surface area contributed by atoms with Gasteiger partial charge in [-0.25, -0.2) is 18.9 Å². The Bertz CT molecular complexity index is 909. The molecule has 9 heteroatoms. The molecule has 0 bridgehead atoms. The van der Waals surface area contributed by atoms with Crippen LogP contribution in [0.5, 0.6) is 5.75 Å². The van der Waals surface area contributed by atoms with Gasteiger partial charge >= 0.3 is 0 Å². The molecule has 0 unspecified atom stereocenters. The Labute approximate surface area is 175 Å². The first-order valence-electron chi connectivity index (χ1n) is 9.75. The topological polar surface area (TPSA) is 98.7 Å². The molecule has 156 valence electrons. The van der Waals surface area contributed by atoms with Gasteiger partial charge in [-0.2, -0.15) is 5.48 Å². The van der Waals surface area contributed by atoms with Crippen molar-refractivity contribution >= 4 is 23.6 Å². The molecule has 8 nitrogen and oxygen atoms in total. The van der Waals surface area contributed by atoms with Crippen LogP contribution in [0.4, 0.5) is 0 Å². The summed E-state index contributed by atoms with van der Waals surface area (Å²) < 4.78 is 13.2. The molecule has 1 aromatic carbocycles. The van der Waals surface area contributed by atoms with E-state index in [-0.39, 0.29) is 0 Å². The van der Waals surface area contributed by atoms with Gasteiger partial charge in [-0.15, -0.1) is 0 Å². The second kappa shape index (κ2) is 9.93. The molecule has 0 amide bonds. The van der Waals surface area contributed by atoms with E-state index < -0.39 is 0 Å². The van der Waals surface area contributed by atoms with Gasteiger partial charge in [0.05, 0.1) is 35.6 Å². The highest BCUT2D eigenvalue weighted by Crippen LogP contribution is 2.30. The molecule has 29 heavy (non-hydrogen) atoms. The lowest BCUT2D eigenvalue weighted by atomic mass is 10.1. The fourth-order valence-electron chi connectivity index (χ4n) is 3.08. The number of aromatic nitrogens is 2. The van der Waals surface area contributed by atoms with Gasteiger partial charge in [-0.05, 0) is 38.5 Å². The smallest absolute Gasteiger partial charge is 0.156 e. The lowest BCUT2D eigenvalue weighted by molar-refractivity contribution is 0.242. The van der Waals surface area contributed by atoms with E-state index >= 15 is 0 Å². The molecular formula is C20H28N6O2S. The molecule has 1 aliphatic heterocycles. The number of hydrogen-bond donors (Lipinski definition) is 3. The van der Waals surface area contributed by atoms with Crippen molar-refractivity contribution in [3.63, 3.8) is 0 Å². The van der Waals surface area contributed by atoms with Crippen molar-refractivity contribution in [3.8, 4) is 5.75 Å². The summed E-state index contributed by atoms with van der Waals surface area (Å²) in [7, 11) is 0. The number of ether oxygens (including phenoxy) is 1. The fraction of sp³-hybridized carbons (Fsp3) is 0.400. The molecule has 0 atom stereocenters. The van der Waals surface area contributed by atoms with E-state index in [1.807, 2.05) is 36.7 Å². The second-order valence-corrected chi connectivity index (χ2v) is 7.31. The van der Waals surface area contributed by atoms with Crippen LogP contribution in [0, 0.1) is 6.92 Å². The number of nitrogens with two attached hydrogens (primary N) is 1. The van der Waals surface area contributed by atoms with E-state index in [4.69, 9.17) is 19.7 Å². The quantitative estimate of drug-likeness (QED) is 0.311. The van der Waals surface area contributed by atoms with Crippen LogP contribution >= 0.6 is 12.0 Å². The summed E-state index contributed by atoms with van der Waals surface area (Å²) in [6, 6.07) is 5.84. The molecule has 2 aromatic rings. The second-order valence-electron chi connectivity index (χ2n) is 6.51. The largest absolute Gasteiger partial charge is 0.493 e. The third-order valence-corrected chi connectivity index (χ3v) is 4.93. The minimum absolute atomic E-state index is 0.505. The Morgan fingerprint density at radius 2 is 2.17 bits per heavy atom. The standard InChI is InChI=1S/C20H28N6O2S/c1-5-7-18-23-13(3)19-14(4)24-20(25-26(18)19)16-12-15(29-28-22-11-10-21)8-9-17(16)27-6-2/h8-9,12,22H,4-7,10-11,21H2,1-3H3,(H,24,25). The summed E-state index contributed by atoms with van der Waals surface area (Å²) in [5, 5.41) is 0. The van der Waals surface area contributed by atoms with E-state index in [0.29, 0.717) is 31.2 Å². The number of fused-ring (bicyclic) bond motifs is 1. The first-order chi connectivity index (χ1) is 14.1. The molecule has 0 radical (unpaired) electrons. The van der Waals surface area contributed by atoms with E-state index in [9.17, 15) is 0 Å². The summed E-state index contributed by atoms with van der Waals surface area (Å²) in [4.78, 5) is 10.3. The van der Waals surface area contributed by atoms with E-state index in [2.05, 4.69) is 29.4 Å². The highest BCUT2D eigenvalue weighted by Gasteiger charge is 2.24. The fourth-order valence-corrected chi connectivity index (χ4v) is 3.61. The average molecular weight is 417 g/mol. The molecule has 1 aromatic heterocycles. The van der Waals surface area contributed by atoms with Gasteiger partial charge in [0.15, 0.2) is 5.84 Å². The van der Waals surface area contributed by atoms with Crippen LogP contribution in [0.25, 0.3) is 5.70 Å². The van der Waals surface area contributed by atoms with Gasteiger partial charge in [0.2, 0.25) is 0 Å². The predicted octanol–water partition coefficient (Wildman–Crippen LogP) is 3.00. The van der Waals surface area contributed by atoms with Gasteiger partial charge in [0.25, 0.3) is 0 Å². The summed E-state index contributed by atoms with van der Waals surface area (Å²) in [5.41, 5.74) is 15.0. The van der Waals surface area contributed by atoms with Gasteiger partial charge in [-0.3, -0.25) is 5.43 Å². The third kappa shape index (κ3) is 4.81. The minimum atomic E-state index is 0.505. The first-order valence-corrected chi connectivity index (χ1v) is 10.5. The molecule has 3 rings (SSSR count). The summed E-state index contributed by atoms with van der Waals surface area (Å²) >= 11 is 1.22. The van der Waals surface area contributed by atoms with Crippen molar-refractivity contribution in [2.75, 3.05) is 25.1 Å². The van der Waals surface area contributed by atoms with Crippen LogP contribution in [0.15, 0.2) is 34.7 Å². The highest BCUT2D eigenvalue weighted by atomic mass is 32.2. The maximum atomic E-state index is 5.84. The van der Waals surface area contributed by atoms with Crippen LogP contribution in [0.2, 0.25) is 0 Å². The lowest BCUT2D eigenvalue weighted by Gasteiger charge is -2.23. The minimum Gasteiger partial charge on any atom is -0.493 e. The lowest BCUT2D eigenvalue weighted by Crippen LogP contribution is -2.31. The van der Waals surface area contributed by atoms with Gasteiger partial charge in [0, 0.05) is 24.4 Å². The zero-order valence-electron chi connectivity index (χ0n) is 17.1. The number of benzene rings is 1. The SMILES string of the molecule is C=C1N=C(c2cc(SONCCN)ccc2OCC)Nn2c(CCC)nc(C)c21. The number of hydroxylamine groups is 1. The molecule has 1 aliphatic rings. The molecular weight excluding hydrogens is 388 g/mol. The number of rotatable bonds is 10. The Hall–Kier alpha value is -2.33. The van der Waals surface area contributed by atoms with Crippen LogP contribution in [0.1, 0.15) is 43.0 Å². The van der Waals surface area contributed by atoms with Crippen LogP contribution in [0.3, 0.4) is 0 Å². The van der Waals surface area contributed by atoms with E-state index in [1.54, 1.807) is 0 Å². The first kappa shape index (κ1) is 21.4.